The molecule has 0 unspecified atom stereocenters. The molecule has 1 heterocycles. The van der Waals surface area contributed by atoms with Crippen LogP contribution in [-0.2, 0) is 9.59 Å². The Kier molecular flexibility index (Phi) is 4.09. The highest BCUT2D eigenvalue weighted by atomic mass is 79.9. The van der Waals surface area contributed by atoms with E-state index in [2.05, 4.69) is 15.9 Å². The van der Waals surface area contributed by atoms with E-state index in [4.69, 9.17) is 5.11 Å². The zero-order chi connectivity index (χ0) is 14.0. The maximum absolute atomic E-state index is 11.9. The maximum atomic E-state index is 11.9. The number of benzene rings is 1. The summed E-state index contributed by atoms with van der Waals surface area (Å²) in [6, 6.07) is 5.77. The fourth-order valence-electron chi connectivity index (χ4n) is 2.14. The summed E-state index contributed by atoms with van der Waals surface area (Å²) in [5.41, 5.74) is 1.82. The van der Waals surface area contributed by atoms with Crippen LogP contribution in [-0.4, -0.2) is 37.1 Å². The fraction of sp³-hybridized carbons (Fsp3) is 0.385. The number of rotatable bonds is 4. The molecule has 0 fully saturated rings. The predicted molar refractivity (Wildman–Crippen MR) is 76.6 cm³/mol. The Balaban J connectivity index is 2.20. The molecule has 0 spiro atoms. The highest BCUT2D eigenvalue weighted by Crippen LogP contribution is 2.35. The minimum absolute atomic E-state index is 0.0147. The first-order chi connectivity index (χ1) is 8.99. The predicted octanol–water partition coefficient (Wildman–Crippen LogP) is 2.10. The number of nitrogens with zero attached hydrogens (tertiary/aromatic N) is 2. The average molecular weight is 327 g/mol. The van der Waals surface area contributed by atoms with E-state index < -0.39 is 5.97 Å². The largest absolute Gasteiger partial charge is 0.481 e. The number of carbonyl (C=O) groups is 2. The first kappa shape index (κ1) is 13.9. The Bertz CT molecular complexity index is 519. The van der Waals surface area contributed by atoms with Crippen LogP contribution in [0.3, 0.4) is 0 Å². The zero-order valence-electron chi connectivity index (χ0n) is 10.6. The third kappa shape index (κ3) is 3.07. The third-order valence-corrected chi connectivity index (χ3v) is 3.65. The number of likely N-dealkylation sites (N-methyl/N-ethyl adjacent to an activating group) is 1. The van der Waals surface area contributed by atoms with Gasteiger partial charge in [0.25, 0.3) is 0 Å². The third-order valence-electron chi connectivity index (χ3n) is 3.16. The Morgan fingerprint density at radius 2 is 2.16 bits per heavy atom. The molecular formula is C13H15BrN2O3. The van der Waals surface area contributed by atoms with Crippen LogP contribution >= 0.6 is 15.9 Å². The van der Waals surface area contributed by atoms with Gasteiger partial charge in [-0.25, -0.2) is 0 Å². The lowest BCUT2D eigenvalue weighted by Gasteiger charge is -2.35. The zero-order valence-corrected chi connectivity index (χ0v) is 12.2. The van der Waals surface area contributed by atoms with Gasteiger partial charge in [-0.1, -0.05) is 15.9 Å². The topological polar surface area (TPSA) is 60.9 Å². The van der Waals surface area contributed by atoms with Crippen LogP contribution in [0.1, 0.15) is 12.8 Å². The van der Waals surface area contributed by atoms with Crippen molar-refractivity contribution in [2.45, 2.75) is 12.8 Å². The lowest BCUT2D eigenvalue weighted by atomic mass is 10.1. The van der Waals surface area contributed by atoms with Gasteiger partial charge < -0.3 is 14.9 Å². The van der Waals surface area contributed by atoms with Gasteiger partial charge in [-0.3, -0.25) is 9.59 Å². The lowest BCUT2D eigenvalue weighted by molar-refractivity contribution is -0.137. The smallest absolute Gasteiger partial charge is 0.303 e. The Morgan fingerprint density at radius 1 is 1.42 bits per heavy atom. The number of aliphatic carboxylic acids is 1. The molecule has 2 rings (SSSR count). The Labute approximate surface area is 119 Å². The number of hydrogen-bond donors (Lipinski definition) is 1. The molecule has 1 aromatic rings. The molecule has 5 nitrogen and oxygen atoms in total. The van der Waals surface area contributed by atoms with E-state index in [0.29, 0.717) is 19.5 Å². The highest BCUT2D eigenvalue weighted by Gasteiger charge is 2.26. The van der Waals surface area contributed by atoms with Crippen molar-refractivity contribution >= 4 is 39.2 Å². The van der Waals surface area contributed by atoms with E-state index in [1.54, 1.807) is 11.9 Å². The van der Waals surface area contributed by atoms with Crippen molar-refractivity contribution in [3.05, 3.63) is 22.7 Å². The molecule has 0 saturated carbocycles. The van der Waals surface area contributed by atoms with Crippen molar-refractivity contribution in [1.29, 1.82) is 0 Å². The van der Waals surface area contributed by atoms with E-state index in [9.17, 15) is 9.59 Å². The van der Waals surface area contributed by atoms with Crippen molar-refractivity contribution in [1.82, 2.24) is 0 Å². The molecule has 1 N–H and O–H groups in total. The first-order valence-corrected chi connectivity index (χ1v) is 6.81. The van der Waals surface area contributed by atoms with Crippen LogP contribution in [0.4, 0.5) is 11.4 Å². The molecule has 1 amide bonds. The van der Waals surface area contributed by atoms with E-state index in [0.717, 1.165) is 15.8 Å². The lowest BCUT2D eigenvalue weighted by Crippen LogP contribution is -2.44. The number of carboxylic acids is 1. The van der Waals surface area contributed by atoms with Gasteiger partial charge in [-0.15, -0.1) is 0 Å². The van der Waals surface area contributed by atoms with Crippen molar-refractivity contribution in [3.63, 3.8) is 0 Å². The SMILES string of the molecule is CN1C(=O)CN(CCCC(=O)O)c2ccc(Br)cc21. The summed E-state index contributed by atoms with van der Waals surface area (Å²) in [5, 5.41) is 8.67. The summed E-state index contributed by atoms with van der Waals surface area (Å²) in [7, 11) is 1.75. The fourth-order valence-corrected chi connectivity index (χ4v) is 2.49. The van der Waals surface area contributed by atoms with Crippen LogP contribution < -0.4 is 9.80 Å². The monoisotopic (exact) mass is 326 g/mol. The van der Waals surface area contributed by atoms with Crippen LogP contribution in [0.25, 0.3) is 0 Å². The minimum atomic E-state index is -0.809. The summed E-state index contributed by atoms with van der Waals surface area (Å²) in [4.78, 5) is 26.0. The number of halogens is 1. The molecule has 19 heavy (non-hydrogen) atoms. The highest BCUT2D eigenvalue weighted by molar-refractivity contribution is 9.10. The molecule has 0 bridgehead atoms. The van der Waals surface area contributed by atoms with Crippen LogP contribution in [0.2, 0.25) is 0 Å². The van der Waals surface area contributed by atoms with E-state index in [-0.39, 0.29) is 12.3 Å². The van der Waals surface area contributed by atoms with Crippen molar-refractivity contribution < 1.29 is 14.7 Å². The van der Waals surface area contributed by atoms with Gasteiger partial charge in [-0.2, -0.15) is 0 Å². The molecule has 0 aromatic heterocycles. The number of carbonyl (C=O) groups excluding carboxylic acids is 1. The van der Waals surface area contributed by atoms with Crippen molar-refractivity contribution in [3.8, 4) is 0 Å². The summed E-state index contributed by atoms with van der Waals surface area (Å²) in [6.45, 7) is 0.866. The molecule has 1 aliphatic heterocycles. The first-order valence-electron chi connectivity index (χ1n) is 6.02. The van der Waals surface area contributed by atoms with Gasteiger partial charge in [-0.05, 0) is 24.6 Å². The molecule has 1 aliphatic rings. The number of amides is 1. The van der Waals surface area contributed by atoms with Gasteiger partial charge in [0.1, 0.15) is 0 Å². The molecule has 102 valence electrons. The second kappa shape index (κ2) is 5.61. The van der Waals surface area contributed by atoms with Gasteiger partial charge in [0.05, 0.1) is 17.9 Å². The van der Waals surface area contributed by atoms with Crippen molar-refractivity contribution in [2.75, 3.05) is 29.9 Å². The van der Waals surface area contributed by atoms with Gasteiger partial charge in [0.15, 0.2) is 0 Å². The maximum Gasteiger partial charge on any atom is 0.303 e. The molecule has 1 aromatic carbocycles. The summed E-state index contributed by atoms with van der Waals surface area (Å²) >= 11 is 3.40. The van der Waals surface area contributed by atoms with E-state index >= 15 is 0 Å². The van der Waals surface area contributed by atoms with Crippen LogP contribution in [0.15, 0.2) is 22.7 Å². The van der Waals surface area contributed by atoms with Gasteiger partial charge in [0, 0.05) is 24.5 Å². The molecule has 6 heteroatoms. The molecule has 0 atom stereocenters. The van der Waals surface area contributed by atoms with Crippen LogP contribution in [0, 0.1) is 0 Å². The summed E-state index contributed by atoms with van der Waals surface area (Å²) in [6.07, 6.45) is 0.647. The van der Waals surface area contributed by atoms with Crippen LogP contribution in [0.5, 0.6) is 0 Å². The normalized spacial score (nSPS) is 14.5. The molecule has 0 radical (unpaired) electrons. The Hall–Kier alpha value is -1.56. The number of fused-ring (bicyclic) bond motifs is 1. The number of anilines is 2. The summed E-state index contributed by atoms with van der Waals surface area (Å²) in [5.74, 6) is -0.794. The van der Waals surface area contributed by atoms with Gasteiger partial charge in [0.2, 0.25) is 5.91 Å². The standard InChI is InChI=1S/C13H15BrN2O3/c1-15-11-7-9(14)4-5-10(11)16(8-12(15)17)6-2-3-13(18)19/h4-5,7H,2-3,6,8H2,1H3,(H,18,19). The molecule has 0 aliphatic carbocycles. The second-order valence-electron chi connectivity index (χ2n) is 4.50. The Morgan fingerprint density at radius 3 is 2.84 bits per heavy atom. The number of carboxylic acid groups (broad SMARTS) is 1. The summed E-state index contributed by atoms with van der Waals surface area (Å²) < 4.78 is 0.915. The average Bonchev–Trinajstić information content (AvgIpc) is 2.35. The minimum Gasteiger partial charge on any atom is -0.481 e. The van der Waals surface area contributed by atoms with Crippen molar-refractivity contribution in [2.24, 2.45) is 0 Å². The number of hydrogen-bond acceptors (Lipinski definition) is 3. The van der Waals surface area contributed by atoms with E-state index in [1.165, 1.54) is 0 Å². The quantitative estimate of drug-likeness (QED) is 0.920. The van der Waals surface area contributed by atoms with Gasteiger partial charge >= 0.3 is 5.97 Å². The molecule has 0 saturated heterocycles. The molecular weight excluding hydrogens is 312 g/mol. The second-order valence-corrected chi connectivity index (χ2v) is 5.42. The van der Waals surface area contributed by atoms with E-state index in [1.807, 2.05) is 23.1 Å².